The highest BCUT2D eigenvalue weighted by Gasteiger charge is 2.22. The Morgan fingerprint density at radius 3 is 2.45 bits per heavy atom. The lowest BCUT2D eigenvalue weighted by molar-refractivity contribution is 0.0992. The van der Waals surface area contributed by atoms with Gasteiger partial charge in [-0.3, -0.25) is 19.1 Å². The summed E-state index contributed by atoms with van der Waals surface area (Å²) in [6.45, 7) is 2.39. The molecule has 7 heteroatoms. The molecular formula is C22H30N4O3. The van der Waals surface area contributed by atoms with Crippen LogP contribution in [0.5, 0.6) is 0 Å². The van der Waals surface area contributed by atoms with Crippen molar-refractivity contribution < 1.29 is 4.79 Å². The van der Waals surface area contributed by atoms with E-state index in [9.17, 15) is 14.4 Å². The minimum atomic E-state index is -0.657. The van der Waals surface area contributed by atoms with E-state index in [-0.39, 0.29) is 17.4 Å². The first-order valence-corrected chi connectivity index (χ1v) is 10.4. The lowest BCUT2D eigenvalue weighted by Crippen LogP contribution is -2.39. The van der Waals surface area contributed by atoms with Crippen molar-refractivity contribution in [2.24, 2.45) is 0 Å². The summed E-state index contributed by atoms with van der Waals surface area (Å²) in [7, 11) is 1.51. The van der Waals surface area contributed by atoms with Crippen molar-refractivity contribution in [1.29, 1.82) is 0 Å². The number of hydrogen-bond donors (Lipinski definition) is 2. The van der Waals surface area contributed by atoms with Gasteiger partial charge < -0.3 is 10.6 Å². The molecule has 0 radical (unpaired) electrons. The number of nitrogen functional groups attached to an aromatic ring is 1. The van der Waals surface area contributed by atoms with Crippen LogP contribution in [0.2, 0.25) is 0 Å². The quantitative estimate of drug-likeness (QED) is 0.780. The molecule has 2 aromatic rings. The van der Waals surface area contributed by atoms with Gasteiger partial charge in [-0.1, -0.05) is 44.7 Å². The molecule has 1 aromatic carbocycles. The number of hydrogen-bond acceptors (Lipinski definition) is 4. The van der Waals surface area contributed by atoms with Crippen LogP contribution >= 0.6 is 0 Å². The standard InChI is InChI=1S/C22H30N4O3/c1-3-4-14-26-19(23)18(20(27)24-22(26)29)25(2)21(28)17-12-10-16(11-13-17)15-8-6-5-7-9-15/h10-13,15H,3-9,14,23H2,1-2H3,(H,24,27,29). The number of aromatic nitrogens is 2. The highest BCUT2D eigenvalue weighted by atomic mass is 16.2. The average molecular weight is 399 g/mol. The molecule has 0 saturated heterocycles. The third kappa shape index (κ3) is 4.44. The Morgan fingerprint density at radius 1 is 1.17 bits per heavy atom. The SMILES string of the molecule is CCCCn1c(N)c(N(C)C(=O)c2ccc(C3CCCCC3)cc2)c(=O)[nH]c1=O. The van der Waals surface area contributed by atoms with Crippen LogP contribution in [0.3, 0.4) is 0 Å². The lowest BCUT2D eigenvalue weighted by atomic mass is 9.84. The van der Waals surface area contributed by atoms with E-state index in [4.69, 9.17) is 5.73 Å². The van der Waals surface area contributed by atoms with Gasteiger partial charge in [0.05, 0.1) is 0 Å². The Labute approximate surface area is 170 Å². The summed E-state index contributed by atoms with van der Waals surface area (Å²) in [5.41, 5.74) is 6.65. The van der Waals surface area contributed by atoms with Crippen LogP contribution < -0.4 is 21.9 Å². The van der Waals surface area contributed by atoms with Crippen LogP contribution in [-0.4, -0.2) is 22.5 Å². The molecule has 156 valence electrons. The van der Waals surface area contributed by atoms with Gasteiger partial charge >= 0.3 is 5.69 Å². The van der Waals surface area contributed by atoms with Crippen molar-refractivity contribution in [3.05, 3.63) is 56.2 Å². The highest BCUT2D eigenvalue weighted by molar-refractivity contribution is 6.06. The second-order valence-corrected chi connectivity index (χ2v) is 7.82. The molecular weight excluding hydrogens is 368 g/mol. The predicted molar refractivity (Wildman–Crippen MR) is 116 cm³/mol. The van der Waals surface area contributed by atoms with E-state index in [1.165, 1.54) is 54.2 Å². The van der Waals surface area contributed by atoms with Crippen LogP contribution in [0.15, 0.2) is 33.9 Å². The molecule has 1 fully saturated rings. The second-order valence-electron chi connectivity index (χ2n) is 7.82. The molecule has 1 aromatic heterocycles. The van der Waals surface area contributed by atoms with E-state index in [1.54, 1.807) is 12.1 Å². The minimum Gasteiger partial charge on any atom is -0.383 e. The molecule has 0 spiro atoms. The normalized spacial score (nSPS) is 14.7. The van der Waals surface area contributed by atoms with Gasteiger partial charge in [0.25, 0.3) is 11.5 Å². The van der Waals surface area contributed by atoms with Crippen molar-refractivity contribution in [2.75, 3.05) is 17.7 Å². The van der Waals surface area contributed by atoms with Gasteiger partial charge in [0.1, 0.15) is 5.82 Å². The Kier molecular flexibility index (Phi) is 6.56. The molecule has 1 heterocycles. The maximum Gasteiger partial charge on any atom is 0.330 e. The van der Waals surface area contributed by atoms with Gasteiger partial charge in [-0.15, -0.1) is 0 Å². The zero-order valence-electron chi connectivity index (χ0n) is 17.2. The fourth-order valence-corrected chi connectivity index (χ4v) is 4.07. The van der Waals surface area contributed by atoms with Gasteiger partial charge in [0, 0.05) is 19.2 Å². The van der Waals surface area contributed by atoms with E-state index < -0.39 is 11.2 Å². The van der Waals surface area contributed by atoms with E-state index in [1.807, 2.05) is 19.1 Å². The Balaban J connectivity index is 1.86. The number of nitrogens with two attached hydrogens (primary N) is 1. The van der Waals surface area contributed by atoms with E-state index in [0.717, 1.165) is 12.8 Å². The molecule has 1 aliphatic rings. The molecule has 1 aliphatic carbocycles. The maximum atomic E-state index is 13.0. The summed E-state index contributed by atoms with van der Waals surface area (Å²) in [6.07, 6.45) is 7.82. The molecule has 3 rings (SSSR count). The van der Waals surface area contributed by atoms with Crippen LogP contribution in [0.1, 0.15) is 73.7 Å². The first-order chi connectivity index (χ1) is 13.9. The molecule has 1 saturated carbocycles. The monoisotopic (exact) mass is 398 g/mol. The van der Waals surface area contributed by atoms with E-state index >= 15 is 0 Å². The first-order valence-electron chi connectivity index (χ1n) is 10.4. The van der Waals surface area contributed by atoms with Crippen molar-refractivity contribution >= 4 is 17.4 Å². The molecule has 0 unspecified atom stereocenters. The molecule has 29 heavy (non-hydrogen) atoms. The molecule has 0 aliphatic heterocycles. The Hall–Kier alpha value is -2.83. The first kappa shape index (κ1) is 20.9. The average Bonchev–Trinajstić information content (AvgIpc) is 2.73. The Morgan fingerprint density at radius 2 is 1.83 bits per heavy atom. The molecule has 3 N–H and O–H groups in total. The fourth-order valence-electron chi connectivity index (χ4n) is 4.07. The van der Waals surface area contributed by atoms with Gasteiger partial charge in [0.2, 0.25) is 0 Å². The topological polar surface area (TPSA) is 101 Å². The van der Waals surface area contributed by atoms with Crippen LogP contribution in [0.4, 0.5) is 11.5 Å². The lowest BCUT2D eigenvalue weighted by Gasteiger charge is -2.23. The smallest absolute Gasteiger partial charge is 0.330 e. The third-order valence-electron chi connectivity index (χ3n) is 5.82. The molecule has 1 amide bonds. The number of aromatic amines is 1. The summed E-state index contributed by atoms with van der Waals surface area (Å²) < 4.78 is 1.32. The van der Waals surface area contributed by atoms with E-state index in [2.05, 4.69) is 4.98 Å². The van der Waals surface area contributed by atoms with Gasteiger partial charge in [-0.2, -0.15) is 0 Å². The van der Waals surface area contributed by atoms with Gasteiger partial charge in [-0.05, 0) is 42.9 Å². The highest BCUT2D eigenvalue weighted by Crippen LogP contribution is 2.32. The van der Waals surface area contributed by atoms with Crippen LogP contribution in [0.25, 0.3) is 0 Å². The number of amides is 1. The van der Waals surface area contributed by atoms with Crippen molar-refractivity contribution in [3.8, 4) is 0 Å². The van der Waals surface area contributed by atoms with Crippen LogP contribution in [0, 0.1) is 0 Å². The molecule has 0 atom stereocenters. The summed E-state index contributed by atoms with van der Waals surface area (Å²) in [4.78, 5) is 41.0. The van der Waals surface area contributed by atoms with E-state index in [0.29, 0.717) is 18.0 Å². The second kappa shape index (κ2) is 9.11. The Bertz CT molecular complexity index is 969. The molecule has 0 bridgehead atoms. The summed E-state index contributed by atoms with van der Waals surface area (Å²) >= 11 is 0. The summed E-state index contributed by atoms with van der Waals surface area (Å²) in [5, 5.41) is 0. The number of nitrogens with zero attached hydrogens (tertiary/aromatic N) is 2. The third-order valence-corrected chi connectivity index (χ3v) is 5.82. The number of benzene rings is 1. The number of carbonyl (C=O) groups excluding carboxylic acids is 1. The number of nitrogens with one attached hydrogen (secondary N) is 1. The number of carbonyl (C=O) groups is 1. The largest absolute Gasteiger partial charge is 0.383 e. The predicted octanol–water partition coefficient (Wildman–Crippen LogP) is 3.24. The summed E-state index contributed by atoms with van der Waals surface area (Å²) in [5.74, 6) is 0.242. The van der Waals surface area contributed by atoms with Gasteiger partial charge in [-0.25, -0.2) is 4.79 Å². The van der Waals surface area contributed by atoms with Crippen molar-refractivity contribution in [1.82, 2.24) is 9.55 Å². The van der Waals surface area contributed by atoms with Gasteiger partial charge in [0.15, 0.2) is 5.69 Å². The zero-order chi connectivity index (χ0) is 21.0. The fraction of sp³-hybridized carbons (Fsp3) is 0.500. The number of rotatable bonds is 6. The van der Waals surface area contributed by atoms with Crippen molar-refractivity contribution in [3.63, 3.8) is 0 Å². The van der Waals surface area contributed by atoms with Crippen molar-refractivity contribution in [2.45, 2.75) is 64.3 Å². The number of unbranched alkanes of at least 4 members (excludes halogenated alkanes) is 1. The minimum absolute atomic E-state index is 0.00191. The maximum absolute atomic E-state index is 13.0. The summed E-state index contributed by atoms with van der Waals surface area (Å²) in [6, 6.07) is 7.63. The molecule has 7 nitrogen and oxygen atoms in total. The number of anilines is 2. The van der Waals surface area contributed by atoms with Crippen LogP contribution in [-0.2, 0) is 6.54 Å². The number of H-pyrrole nitrogens is 1. The zero-order valence-corrected chi connectivity index (χ0v) is 17.2.